The van der Waals surface area contributed by atoms with Crippen molar-refractivity contribution in [2.75, 3.05) is 0 Å². The first-order valence-electron chi connectivity index (χ1n) is 41.1. The third-order valence-corrected chi connectivity index (χ3v) is 22.9. The standard InChI is InChI=1S/C45H28N4.C37H24N4.C29H20N4/c1-3-13-33-31(11-1)25-39(37-17-7-5-15-35(33)37)41-27-42(40-26-32-12-2-4-14-34(32)36-16-6-8-18-38(36)40)48-45(47-41)30-22-20-29(21-23-30)43-28-49-24-10-9-19-44(49)46-43;1-3-9-29-21-31(18-12-25(29)7-1)33-23-34(32-19-13-26-8-2-4-10-30(26)22-32)40-37(39-33)28-16-14-27(15-17-28)35-24-41-20-6-5-11-36(41)38-35;1-3-9-21(10-4-1)25-19-26(22-11-5-2-6-12-22)32-29(31-25)24-16-14-23(15-17-24)27-20-33-18-8-7-13-28(33)30-27/h1-28H;1-24H;1-20H. The van der Waals surface area contributed by atoms with E-state index in [0.717, 1.165) is 135 Å². The number of nitrogens with zero attached hydrogens (tertiary/aromatic N) is 12. The quantitative estimate of drug-likeness (QED) is 0.110. The van der Waals surface area contributed by atoms with Gasteiger partial charge < -0.3 is 13.2 Å². The summed E-state index contributed by atoms with van der Waals surface area (Å²) in [5.74, 6) is 2.08. The highest BCUT2D eigenvalue weighted by Crippen LogP contribution is 2.42. The molecule has 0 aliphatic carbocycles. The van der Waals surface area contributed by atoms with E-state index in [2.05, 4.69) is 322 Å². The van der Waals surface area contributed by atoms with Gasteiger partial charge in [0.1, 0.15) is 16.9 Å². The maximum atomic E-state index is 5.31. The first kappa shape index (κ1) is 72.6. The van der Waals surface area contributed by atoms with Crippen LogP contribution in [0.2, 0.25) is 0 Å². The molecular weight excluding hydrogens is 1500 g/mol. The summed E-state index contributed by atoms with van der Waals surface area (Å²) in [5, 5.41) is 14.4. The number of imidazole rings is 3. The maximum Gasteiger partial charge on any atom is 0.160 e. The van der Waals surface area contributed by atoms with E-state index in [1.54, 1.807) is 0 Å². The van der Waals surface area contributed by atoms with Crippen LogP contribution in [0.15, 0.2) is 438 Å². The fraction of sp³-hybridized carbons (Fsp3) is 0. The molecule has 0 N–H and O–H groups in total. The van der Waals surface area contributed by atoms with E-state index in [9.17, 15) is 0 Å². The molecule has 0 saturated heterocycles. The van der Waals surface area contributed by atoms with Crippen molar-refractivity contribution >= 4 is 81.6 Å². The van der Waals surface area contributed by atoms with Crippen LogP contribution in [-0.4, -0.2) is 58.1 Å². The first-order chi connectivity index (χ1) is 60.9. The van der Waals surface area contributed by atoms with Crippen LogP contribution in [0.3, 0.4) is 0 Å². The molecule has 0 spiro atoms. The van der Waals surface area contributed by atoms with Crippen LogP contribution in [0.5, 0.6) is 0 Å². The van der Waals surface area contributed by atoms with Crippen molar-refractivity contribution in [1.82, 2.24) is 58.1 Å². The van der Waals surface area contributed by atoms with Crippen molar-refractivity contribution in [3.8, 4) is 135 Å². The molecule has 0 radical (unpaired) electrons. The van der Waals surface area contributed by atoms with Crippen molar-refractivity contribution in [1.29, 1.82) is 0 Å². The maximum absolute atomic E-state index is 5.31. The number of rotatable bonds is 12. The third-order valence-electron chi connectivity index (χ3n) is 22.9. The minimum Gasteiger partial charge on any atom is -0.306 e. The van der Waals surface area contributed by atoms with Crippen molar-refractivity contribution in [2.24, 2.45) is 0 Å². The highest BCUT2D eigenvalue weighted by molar-refractivity contribution is 6.15. The Morgan fingerprint density at radius 2 is 0.407 bits per heavy atom. The van der Waals surface area contributed by atoms with Crippen LogP contribution in [0.1, 0.15) is 0 Å². The summed E-state index contributed by atoms with van der Waals surface area (Å²) in [4.78, 5) is 44.9. The van der Waals surface area contributed by atoms with Gasteiger partial charge in [0.25, 0.3) is 0 Å². The fourth-order valence-electron chi connectivity index (χ4n) is 16.6. The highest BCUT2D eigenvalue weighted by Gasteiger charge is 2.21. The molecule has 0 bridgehead atoms. The van der Waals surface area contributed by atoms with Crippen LogP contribution < -0.4 is 0 Å². The molecule has 9 heterocycles. The van der Waals surface area contributed by atoms with Crippen LogP contribution in [0.4, 0.5) is 0 Å². The predicted octanol–water partition coefficient (Wildman–Crippen LogP) is 27.3. The second kappa shape index (κ2) is 31.6. The fourth-order valence-corrected chi connectivity index (χ4v) is 16.6. The Morgan fingerprint density at radius 3 is 0.764 bits per heavy atom. The molecule has 12 heteroatoms. The average molecular weight is 1570 g/mol. The topological polar surface area (TPSA) is 129 Å². The number of fused-ring (bicyclic) bond motifs is 11. The number of pyridine rings is 3. The summed E-state index contributed by atoms with van der Waals surface area (Å²) in [6.45, 7) is 0. The molecule has 0 fully saturated rings. The van der Waals surface area contributed by atoms with Gasteiger partial charge in [-0.05, 0) is 143 Å². The van der Waals surface area contributed by atoms with E-state index < -0.39 is 0 Å². The summed E-state index contributed by atoms with van der Waals surface area (Å²) >= 11 is 0. The van der Waals surface area contributed by atoms with Crippen LogP contribution >= 0.6 is 0 Å². The zero-order valence-electron chi connectivity index (χ0n) is 66.4. The molecule has 0 unspecified atom stereocenters. The second-order valence-electron chi connectivity index (χ2n) is 30.6. The van der Waals surface area contributed by atoms with Gasteiger partial charge in [0.15, 0.2) is 17.5 Å². The lowest BCUT2D eigenvalue weighted by molar-refractivity contribution is 1.18. The number of hydrogen-bond donors (Lipinski definition) is 0. The largest absolute Gasteiger partial charge is 0.306 e. The Kier molecular flexibility index (Phi) is 18.6. The van der Waals surface area contributed by atoms with Gasteiger partial charge in [0.2, 0.25) is 0 Å². The SMILES string of the molecule is c1ccc(-c2cc(-c3ccccc3)nc(-c3ccc(-c4cn5ccccc5n4)cc3)n2)cc1.c1ccc2c(c1)cc(-c1cc(-c3cc4ccccc4c4ccccc34)nc(-c3ccc(-c4cn5ccccc5n4)cc3)n1)c1ccccc12.c1ccc2cc(-c3cc(-c4ccc5ccccc5c4)nc(-c4ccc(-c5cn6ccccc6n5)cc4)n3)ccc2c1. The average Bonchev–Trinajstić information content (AvgIpc) is 1.72. The van der Waals surface area contributed by atoms with Crippen molar-refractivity contribution in [2.45, 2.75) is 0 Å². The zero-order chi connectivity index (χ0) is 81.5. The lowest BCUT2D eigenvalue weighted by atomic mass is 9.93. The molecule has 0 aliphatic heterocycles. The number of aromatic nitrogens is 12. The van der Waals surface area contributed by atoms with Gasteiger partial charge in [0, 0.05) is 104 Å². The highest BCUT2D eigenvalue weighted by atomic mass is 15.0. The number of benzene rings is 15. The molecule has 24 rings (SSSR count). The van der Waals surface area contributed by atoms with Crippen molar-refractivity contribution < 1.29 is 0 Å². The van der Waals surface area contributed by atoms with E-state index in [4.69, 9.17) is 44.9 Å². The van der Waals surface area contributed by atoms with Gasteiger partial charge in [-0.1, -0.05) is 322 Å². The minimum absolute atomic E-state index is 0.684. The monoisotopic (exact) mass is 1570 g/mol. The third kappa shape index (κ3) is 14.5. The van der Waals surface area contributed by atoms with E-state index in [-0.39, 0.29) is 0 Å². The summed E-state index contributed by atoms with van der Waals surface area (Å²) < 4.78 is 6.11. The Hall–Kier alpha value is -16.8. The molecule has 9 aromatic heterocycles. The van der Waals surface area contributed by atoms with E-state index >= 15 is 0 Å². The smallest absolute Gasteiger partial charge is 0.160 e. The lowest BCUT2D eigenvalue weighted by Crippen LogP contribution is -1.97. The Bertz CT molecular complexity index is 7730. The van der Waals surface area contributed by atoms with Gasteiger partial charge in [-0.25, -0.2) is 44.9 Å². The lowest BCUT2D eigenvalue weighted by Gasteiger charge is -2.15. The van der Waals surface area contributed by atoms with Gasteiger partial charge in [0.05, 0.1) is 51.2 Å². The molecule has 24 aromatic rings. The summed E-state index contributed by atoms with van der Waals surface area (Å²) in [6.07, 6.45) is 12.2. The second-order valence-corrected chi connectivity index (χ2v) is 30.6. The van der Waals surface area contributed by atoms with Crippen LogP contribution in [0, 0.1) is 0 Å². The Morgan fingerprint density at radius 1 is 0.146 bits per heavy atom. The molecule has 12 nitrogen and oxygen atoms in total. The van der Waals surface area contributed by atoms with Gasteiger partial charge in [-0.15, -0.1) is 0 Å². The molecule has 576 valence electrons. The summed E-state index contributed by atoms with van der Waals surface area (Å²) in [5.41, 5.74) is 23.5. The summed E-state index contributed by atoms with van der Waals surface area (Å²) in [6, 6.07) is 139. The summed E-state index contributed by atoms with van der Waals surface area (Å²) in [7, 11) is 0. The molecule has 0 aliphatic rings. The van der Waals surface area contributed by atoms with Crippen LogP contribution in [0.25, 0.3) is 217 Å². The Balaban J connectivity index is 0.000000112. The van der Waals surface area contributed by atoms with Gasteiger partial charge in [-0.2, -0.15) is 0 Å². The van der Waals surface area contributed by atoms with Gasteiger partial charge in [-0.3, -0.25) is 0 Å². The molecule has 0 saturated carbocycles. The van der Waals surface area contributed by atoms with E-state index in [1.807, 2.05) is 129 Å². The minimum atomic E-state index is 0.684. The zero-order valence-corrected chi connectivity index (χ0v) is 66.4. The molecule has 15 aromatic carbocycles. The Labute approximate surface area is 708 Å². The molecule has 123 heavy (non-hydrogen) atoms. The van der Waals surface area contributed by atoms with Crippen LogP contribution in [-0.2, 0) is 0 Å². The number of hydrogen-bond acceptors (Lipinski definition) is 9. The van der Waals surface area contributed by atoms with E-state index in [0.29, 0.717) is 17.5 Å². The normalized spacial score (nSPS) is 11.4. The molecule has 0 atom stereocenters. The van der Waals surface area contributed by atoms with E-state index in [1.165, 1.54) is 64.6 Å². The van der Waals surface area contributed by atoms with Crippen molar-refractivity contribution in [3.63, 3.8) is 0 Å². The predicted molar refractivity (Wildman–Crippen MR) is 503 cm³/mol. The first-order valence-corrected chi connectivity index (χ1v) is 41.1. The molecule has 0 amide bonds. The van der Waals surface area contributed by atoms with Crippen molar-refractivity contribution in [3.05, 3.63) is 438 Å². The van der Waals surface area contributed by atoms with Gasteiger partial charge >= 0.3 is 0 Å². The molecular formula is C111H72N12.